The van der Waals surface area contributed by atoms with Crippen LogP contribution in [0.1, 0.15) is 81.6 Å². The van der Waals surface area contributed by atoms with E-state index >= 15 is 0 Å². The molecule has 2 rings (SSSR count). The van der Waals surface area contributed by atoms with E-state index in [2.05, 4.69) is 30.1 Å². The average Bonchev–Trinajstić information content (AvgIpc) is 3.13. The van der Waals surface area contributed by atoms with Crippen molar-refractivity contribution >= 4 is 30.0 Å². The highest BCUT2D eigenvalue weighted by Crippen LogP contribution is 2.34. The lowest BCUT2D eigenvalue weighted by molar-refractivity contribution is -0.129. The third kappa shape index (κ3) is 7.34. The molecule has 1 heterocycles. The zero-order valence-electron chi connectivity index (χ0n) is 19.9. The van der Waals surface area contributed by atoms with Crippen LogP contribution in [0.25, 0.3) is 0 Å². The number of imide groups is 1. The third-order valence-corrected chi connectivity index (χ3v) is 7.35. The number of nitrogens with zero attached hydrogens (tertiary/aromatic N) is 2. The summed E-state index contributed by atoms with van der Waals surface area (Å²) in [5.41, 5.74) is 1.70. The Morgan fingerprint density at radius 1 is 1.16 bits per heavy atom. The normalized spacial score (nSPS) is 14.0. The van der Waals surface area contributed by atoms with E-state index in [-0.39, 0.29) is 5.91 Å². The van der Waals surface area contributed by atoms with Gasteiger partial charge in [-0.15, -0.1) is 11.8 Å². The second-order valence-electron chi connectivity index (χ2n) is 8.29. The molecule has 0 bridgehead atoms. The SMILES string of the molecule is CCCC(C(=O)NC=O)N1Cc2c(SCCCCCCCN(CC)CC)cccc2C1=O. The number of nitrogens with one attached hydrogen (secondary N) is 1. The van der Waals surface area contributed by atoms with Gasteiger partial charge in [0.2, 0.25) is 12.3 Å². The van der Waals surface area contributed by atoms with Crippen LogP contribution in [0.3, 0.4) is 0 Å². The van der Waals surface area contributed by atoms with E-state index in [0.717, 1.165) is 42.1 Å². The molecule has 0 fully saturated rings. The van der Waals surface area contributed by atoms with E-state index in [1.165, 1.54) is 32.2 Å². The van der Waals surface area contributed by atoms with E-state index < -0.39 is 11.9 Å². The van der Waals surface area contributed by atoms with Crippen molar-refractivity contribution < 1.29 is 14.4 Å². The fourth-order valence-corrected chi connectivity index (χ4v) is 5.35. The summed E-state index contributed by atoms with van der Waals surface area (Å²) in [6.07, 6.45) is 7.91. The number of unbranched alkanes of at least 4 members (excludes halogenated alkanes) is 4. The Bertz CT molecular complexity index is 752. The number of hydrogen-bond donors (Lipinski definition) is 1. The van der Waals surface area contributed by atoms with Gasteiger partial charge in [-0.05, 0) is 62.3 Å². The number of benzene rings is 1. The van der Waals surface area contributed by atoms with E-state index in [0.29, 0.717) is 24.9 Å². The first-order valence-corrected chi connectivity index (χ1v) is 13.1. The number of carbonyl (C=O) groups is 3. The summed E-state index contributed by atoms with van der Waals surface area (Å²) in [6.45, 7) is 10.3. The van der Waals surface area contributed by atoms with E-state index in [4.69, 9.17) is 0 Å². The van der Waals surface area contributed by atoms with Crippen LogP contribution in [-0.4, -0.2) is 59.5 Å². The zero-order chi connectivity index (χ0) is 23.3. The van der Waals surface area contributed by atoms with E-state index in [1.54, 1.807) is 16.7 Å². The summed E-state index contributed by atoms with van der Waals surface area (Å²) in [5.74, 6) is 0.512. The van der Waals surface area contributed by atoms with Gasteiger partial charge in [0.05, 0.1) is 0 Å². The lowest BCUT2D eigenvalue weighted by Gasteiger charge is -2.25. The predicted molar refractivity (Wildman–Crippen MR) is 131 cm³/mol. The number of carbonyl (C=O) groups excluding carboxylic acids is 3. The average molecular weight is 462 g/mol. The van der Waals surface area contributed by atoms with Gasteiger partial charge < -0.3 is 9.80 Å². The molecular formula is C25H39N3O3S. The molecule has 1 unspecified atom stereocenters. The molecule has 1 aromatic rings. The highest BCUT2D eigenvalue weighted by molar-refractivity contribution is 7.99. The minimum atomic E-state index is -0.612. The summed E-state index contributed by atoms with van der Waals surface area (Å²) in [6, 6.07) is 5.23. The smallest absolute Gasteiger partial charge is 0.255 e. The number of rotatable bonds is 16. The van der Waals surface area contributed by atoms with Crippen LogP contribution in [0.4, 0.5) is 0 Å². The number of hydrogen-bond acceptors (Lipinski definition) is 5. The van der Waals surface area contributed by atoms with Gasteiger partial charge >= 0.3 is 0 Å². The van der Waals surface area contributed by atoms with Crippen LogP contribution in [0.15, 0.2) is 23.1 Å². The molecule has 1 atom stereocenters. The zero-order valence-corrected chi connectivity index (χ0v) is 20.7. The van der Waals surface area contributed by atoms with Gasteiger partial charge in [-0.2, -0.15) is 0 Å². The molecule has 0 spiro atoms. The first-order valence-electron chi connectivity index (χ1n) is 12.1. The monoisotopic (exact) mass is 461 g/mol. The Morgan fingerprint density at radius 3 is 2.56 bits per heavy atom. The van der Waals surface area contributed by atoms with Gasteiger partial charge in [0.1, 0.15) is 6.04 Å². The van der Waals surface area contributed by atoms with Crippen LogP contribution in [-0.2, 0) is 16.1 Å². The molecule has 1 aromatic carbocycles. The summed E-state index contributed by atoms with van der Waals surface area (Å²) in [5, 5.41) is 2.22. The van der Waals surface area contributed by atoms with Crippen molar-refractivity contribution in [3.05, 3.63) is 29.3 Å². The number of thioether (sulfide) groups is 1. The fraction of sp³-hybridized carbons (Fsp3) is 0.640. The molecule has 32 heavy (non-hydrogen) atoms. The third-order valence-electron chi connectivity index (χ3n) is 6.17. The molecule has 1 aliphatic heterocycles. The molecule has 7 heteroatoms. The van der Waals surface area contributed by atoms with Crippen LogP contribution >= 0.6 is 11.8 Å². The standard InChI is InChI=1S/C25H39N3O3S/c1-4-13-22(24(30)26-19-29)28-18-21-20(25(28)31)14-12-15-23(21)32-17-11-9-7-8-10-16-27(5-2)6-3/h12,14-15,19,22H,4-11,13,16-18H2,1-3H3,(H,26,29,30). The molecule has 0 saturated carbocycles. The highest BCUT2D eigenvalue weighted by atomic mass is 32.2. The Kier molecular flexibility index (Phi) is 11.8. The van der Waals surface area contributed by atoms with Gasteiger partial charge in [-0.25, -0.2) is 0 Å². The summed E-state index contributed by atoms with van der Waals surface area (Å²) >= 11 is 1.81. The van der Waals surface area contributed by atoms with Crippen LogP contribution in [0.5, 0.6) is 0 Å². The van der Waals surface area contributed by atoms with Crippen LogP contribution in [0.2, 0.25) is 0 Å². The van der Waals surface area contributed by atoms with Gasteiger partial charge in [0.15, 0.2) is 0 Å². The lowest BCUT2D eigenvalue weighted by Crippen LogP contribution is -2.46. The summed E-state index contributed by atoms with van der Waals surface area (Å²) < 4.78 is 0. The molecular weight excluding hydrogens is 422 g/mol. The first kappa shape index (κ1) is 26.4. The minimum Gasteiger partial charge on any atom is -0.322 e. The van der Waals surface area contributed by atoms with Crippen molar-refractivity contribution in [2.45, 2.75) is 83.2 Å². The number of amides is 3. The highest BCUT2D eigenvalue weighted by Gasteiger charge is 2.36. The van der Waals surface area contributed by atoms with Gasteiger partial charge in [0, 0.05) is 17.0 Å². The van der Waals surface area contributed by atoms with Crippen LogP contribution < -0.4 is 5.32 Å². The maximum Gasteiger partial charge on any atom is 0.255 e. The maximum absolute atomic E-state index is 13.0. The largest absolute Gasteiger partial charge is 0.322 e. The Labute approximate surface area is 197 Å². The Hall–Kier alpha value is -1.86. The molecule has 1 N–H and O–H groups in total. The topological polar surface area (TPSA) is 69.7 Å². The van der Waals surface area contributed by atoms with Crippen molar-refractivity contribution in [2.75, 3.05) is 25.4 Å². The number of fused-ring (bicyclic) bond motifs is 1. The van der Waals surface area contributed by atoms with E-state index in [1.807, 2.05) is 19.1 Å². The second-order valence-corrected chi connectivity index (χ2v) is 9.43. The van der Waals surface area contributed by atoms with Crippen molar-refractivity contribution in [2.24, 2.45) is 0 Å². The van der Waals surface area contributed by atoms with Gasteiger partial charge in [0.25, 0.3) is 5.91 Å². The maximum atomic E-state index is 13.0. The molecule has 0 aromatic heterocycles. The lowest BCUT2D eigenvalue weighted by atomic mass is 10.1. The fourth-order valence-electron chi connectivity index (χ4n) is 4.26. The minimum absolute atomic E-state index is 0.116. The van der Waals surface area contributed by atoms with Crippen LogP contribution in [0, 0.1) is 0 Å². The Balaban J connectivity index is 1.84. The molecule has 3 amide bonds. The molecule has 0 aliphatic carbocycles. The van der Waals surface area contributed by atoms with E-state index in [9.17, 15) is 14.4 Å². The first-order chi connectivity index (χ1) is 15.6. The van der Waals surface area contributed by atoms with Gasteiger partial charge in [-0.3, -0.25) is 19.7 Å². The molecule has 178 valence electrons. The Morgan fingerprint density at radius 2 is 1.88 bits per heavy atom. The van der Waals surface area contributed by atoms with Crippen molar-refractivity contribution in [1.82, 2.24) is 15.1 Å². The van der Waals surface area contributed by atoms with Crippen molar-refractivity contribution in [3.63, 3.8) is 0 Å². The quantitative estimate of drug-likeness (QED) is 0.223. The predicted octanol–water partition coefficient (Wildman–Crippen LogP) is 4.47. The summed E-state index contributed by atoms with van der Waals surface area (Å²) in [4.78, 5) is 41.3. The van der Waals surface area contributed by atoms with Gasteiger partial charge in [-0.1, -0.05) is 52.5 Å². The molecule has 0 radical (unpaired) electrons. The van der Waals surface area contributed by atoms with Crippen molar-refractivity contribution in [3.8, 4) is 0 Å². The molecule has 6 nitrogen and oxygen atoms in total. The summed E-state index contributed by atoms with van der Waals surface area (Å²) in [7, 11) is 0. The molecule has 1 aliphatic rings. The van der Waals surface area contributed by atoms with Crippen molar-refractivity contribution in [1.29, 1.82) is 0 Å². The molecule has 0 saturated heterocycles. The second kappa shape index (κ2) is 14.3.